The first-order valence-electron chi connectivity index (χ1n) is 7.64. The van der Waals surface area contributed by atoms with Crippen LogP contribution >= 0.6 is 0 Å². The van der Waals surface area contributed by atoms with Gasteiger partial charge in [0, 0.05) is 11.6 Å². The number of benzene rings is 1. The summed E-state index contributed by atoms with van der Waals surface area (Å²) in [6.07, 6.45) is 7.73. The number of hydrogen-bond acceptors (Lipinski definition) is 2. The quantitative estimate of drug-likeness (QED) is 0.652. The van der Waals surface area contributed by atoms with E-state index in [1.54, 1.807) is 0 Å². The van der Waals surface area contributed by atoms with Crippen molar-refractivity contribution in [1.82, 2.24) is 0 Å². The molecule has 0 bridgehead atoms. The summed E-state index contributed by atoms with van der Waals surface area (Å²) in [5.74, 6) is 0.953. The fraction of sp³-hybridized carbons (Fsp3) is 0.647. The summed E-state index contributed by atoms with van der Waals surface area (Å²) in [6, 6.07) is 6.29. The lowest BCUT2D eigenvalue weighted by molar-refractivity contribution is 0.300. The van der Waals surface area contributed by atoms with Crippen LogP contribution < -0.4 is 10.5 Å². The lowest BCUT2D eigenvalue weighted by atomic mass is 10.1. The van der Waals surface area contributed by atoms with Crippen molar-refractivity contribution in [2.75, 3.05) is 6.61 Å². The average molecular weight is 263 g/mol. The van der Waals surface area contributed by atoms with E-state index >= 15 is 0 Å². The predicted molar refractivity (Wildman–Crippen MR) is 82.7 cm³/mol. The largest absolute Gasteiger partial charge is 0.493 e. The number of hydrogen-bond donors (Lipinski definition) is 1. The minimum Gasteiger partial charge on any atom is -0.493 e. The molecule has 0 aliphatic carbocycles. The lowest BCUT2D eigenvalue weighted by Gasteiger charge is -2.14. The Bertz CT molecular complexity index is 360. The van der Waals surface area contributed by atoms with Crippen LogP contribution in [-0.2, 0) is 0 Å². The number of aryl methyl sites for hydroxylation is 1. The molecular formula is C17H29NO. The summed E-state index contributed by atoms with van der Waals surface area (Å²) in [5, 5.41) is 0. The van der Waals surface area contributed by atoms with Gasteiger partial charge < -0.3 is 10.5 Å². The Balaban J connectivity index is 2.33. The molecule has 1 atom stereocenters. The zero-order chi connectivity index (χ0) is 14.1. The highest BCUT2D eigenvalue weighted by atomic mass is 16.5. The van der Waals surface area contributed by atoms with E-state index in [9.17, 15) is 0 Å². The Hall–Kier alpha value is -1.02. The van der Waals surface area contributed by atoms with Gasteiger partial charge in [0.2, 0.25) is 0 Å². The van der Waals surface area contributed by atoms with Gasteiger partial charge in [-0.2, -0.15) is 0 Å². The van der Waals surface area contributed by atoms with Crippen molar-refractivity contribution >= 4 is 0 Å². The van der Waals surface area contributed by atoms with Crippen molar-refractivity contribution in [3.63, 3.8) is 0 Å². The normalized spacial score (nSPS) is 12.4. The highest BCUT2D eigenvalue weighted by Gasteiger charge is 2.08. The molecule has 2 N–H and O–H groups in total. The first-order chi connectivity index (χ1) is 9.15. The maximum absolute atomic E-state index is 5.99. The van der Waals surface area contributed by atoms with Gasteiger partial charge >= 0.3 is 0 Å². The van der Waals surface area contributed by atoms with E-state index in [2.05, 4.69) is 26.0 Å². The highest BCUT2D eigenvalue weighted by Crippen LogP contribution is 2.25. The van der Waals surface area contributed by atoms with E-state index in [1.165, 1.54) is 37.7 Å². The van der Waals surface area contributed by atoms with Crippen LogP contribution in [-0.4, -0.2) is 6.61 Å². The molecule has 1 unspecified atom stereocenters. The molecule has 1 aromatic carbocycles. The third-order valence-electron chi connectivity index (χ3n) is 3.41. The Labute approximate surface area is 118 Å². The molecule has 2 nitrogen and oxygen atoms in total. The minimum atomic E-state index is 0.0273. The van der Waals surface area contributed by atoms with Crippen LogP contribution in [0.4, 0.5) is 0 Å². The van der Waals surface area contributed by atoms with Gasteiger partial charge in [-0.25, -0.2) is 0 Å². The molecule has 19 heavy (non-hydrogen) atoms. The maximum atomic E-state index is 5.99. The smallest absolute Gasteiger partial charge is 0.124 e. The van der Waals surface area contributed by atoms with Gasteiger partial charge in [-0.05, 0) is 26.3 Å². The second-order valence-electron chi connectivity index (χ2n) is 5.45. The summed E-state index contributed by atoms with van der Waals surface area (Å²) in [4.78, 5) is 0. The molecule has 0 aliphatic heterocycles. The molecule has 0 amide bonds. The van der Waals surface area contributed by atoms with Crippen molar-refractivity contribution < 1.29 is 4.74 Å². The van der Waals surface area contributed by atoms with Crippen molar-refractivity contribution in [3.8, 4) is 5.75 Å². The molecule has 0 aliphatic rings. The molecule has 0 aromatic heterocycles. The summed E-state index contributed by atoms with van der Waals surface area (Å²) < 4.78 is 5.88. The second-order valence-corrected chi connectivity index (χ2v) is 5.45. The van der Waals surface area contributed by atoms with Gasteiger partial charge in [-0.1, -0.05) is 56.7 Å². The lowest BCUT2D eigenvalue weighted by Crippen LogP contribution is -2.09. The fourth-order valence-electron chi connectivity index (χ4n) is 2.22. The summed E-state index contributed by atoms with van der Waals surface area (Å²) >= 11 is 0. The zero-order valence-corrected chi connectivity index (χ0v) is 12.7. The van der Waals surface area contributed by atoms with Crippen LogP contribution in [0.25, 0.3) is 0 Å². The van der Waals surface area contributed by atoms with Crippen LogP contribution in [0, 0.1) is 6.92 Å². The monoisotopic (exact) mass is 263 g/mol. The van der Waals surface area contributed by atoms with Gasteiger partial charge in [0.05, 0.1) is 6.61 Å². The predicted octanol–water partition coefficient (Wildman–Crippen LogP) is 4.75. The molecule has 0 heterocycles. The number of ether oxygens (including phenoxy) is 1. The van der Waals surface area contributed by atoms with Gasteiger partial charge in [0.25, 0.3) is 0 Å². The second kappa shape index (κ2) is 8.98. The number of unbranched alkanes of at least 4 members (excludes halogenated alkanes) is 5. The highest BCUT2D eigenvalue weighted by molar-refractivity contribution is 5.38. The Kier molecular flexibility index (Phi) is 7.57. The maximum Gasteiger partial charge on any atom is 0.124 e. The van der Waals surface area contributed by atoms with Crippen molar-refractivity contribution in [2.45, 2.75) is 65.3 Å². The Morgan fingerprint density at radius 1 is 1.11 bits per heavy atom. The molecule has 0 saturated carbocycles. The van der Waals surface area contributed by atoms with Crippen LogP contribution in [0.5, 0.6) is 5.75 Å². The fourth-order valence-corrected chi connectivity index (χ4v) is 2.22. The average Bonchev–Trinajstić information content (AvgIpc) is 2.39. The van der Waals surface area contributed by atoms with E-state index in [4.69, 9.17) is 10.5 Å². The van der Waals surface area contributed by atoms with Crippen LogP contribution in [0.15, 0.2) is 18.2 Å². The minimum absolute atomic E-state index is 0.0273. The third kappa shape index (κ3) is 6.11. The molecule has 0 fully saturated rings. The zero-order valence-electron chi connectivity index (χ0n) is 12.7. The molecule has 0 spiro atoms. The Morgan fingerprint density at radius 2 is 1.79 bits per heavy atom. The molecule has 0 saturated heterocycles. The number of nitrogens with two attached hydrogens (primary N) is 1. The van der Waals surface area contributed by atoms with Crippen molar-refractivity contribution in [2.24, 2.45) is 5.73 Å². The first kappa shape index (κ1) is 16.0. The summed E-state index contributed by atoms with van der Waals surface area (Å²) in [7, 11) is 0. The molecule has 1 rings (SSSR count). The van der Waals surface area contributed by atoms with Crippen molar-refractivity contribution in [3.05, 3.63) is 29.3 Å². The van der Waals surface area contributed by atoms with E-state index < -0.39 is 0 Å². The van der Waals surface area contributed by atoms with E-state index in [0.29, 0.717) is 0 Å². The topological polar surface area (TPSA) is 35.2 Å². The van der Waals surface area contributed by atoms with Gasteiger partial charge in [0.15, 0.2) is 0 Å². The first-order valence-corrected chi connectivity index (χ1v) is 7.64. The molecule has 2 heteroatoms. The SMILES string of the molecule is CCCCCCCCOc1ccc(C)cc1C(C)N. The third-order valence-corrected chi connectivity index (χ3v) is 3.41. The summed E-state index contributed by atoms with van der Waals surface area (Å²) in [5.41, 5.74) is 8.34. The van der Waals surface area contributed by atoms with Gasteiger partial charge in [0.1, 0.15) is 5.75 Å². The molecule has 108 valence electrons. The van der Waals surface area contributed by atoms with E-state index in [1.807, 2.05) is 13.0 Å². The van der Waals surface area contributed by atoms with Crippen molar-refractivity contribution in [1.29, 1.82) is 0 Å². The van der Waals surface area contributed by atoms with E-state index in [0.717, 1.165) is 24.3 Å². The Morgan fingerprint density at radius 3 is 2.47 bits per heavy atom. The molecule has 0 radical (unpaired) electrons. The molecular weight excluding hydrogens is 234 g/mol. The van der Waals surface area contributed by atoms with Crippen LogP contribution in [0.2, 0.25) is 0 Å². The van der Waals surface area contributed by atoms with Crippen LogP contribution in [0.1, 0.15) is 69.5 Å². The standard InChI is InChI=1S/C17H29NO/c1-4-5-6-7-8-9-12-19-17-11-10-14(2)13-16(17)15(3)18/h10-11,13,15H,4-9,12,18H2,1-3H3. The van der Waals surface area contributed by atoms with E-state index in [-0.39, 0.29) is 6.04 Å². The van der Waals surface area contributed by atoms with Gasteiger partial charge in [-0.15, -0.1) is 0 Å². The molecule has 1 aromatic rings. The van der Waals surface area contributed by atoms with Gasteiger partial charge in [-0.3, -0.25) is 0 Å². The number of rotatable bonds is 9. The summed E-state index contributed by atoms with van der Waals surface area (Å²) in [6.45, 7) is 7.14. The van der Waals surface area contributed by atoms with Crippen LogP contribution in [0.3, 0.4) is 0 Å².